The normalized spacial score (nSPS) is 13.1. The van der Waals surface area contributed by atoms with Crippen LogP contribution in [0, 0.1) is 5.92 Å². The van der Waals surface area contributed by atoms with Gasteiger partial charge in [-0.2, -0.15) is 8.42 Å². The minimum atomic E-state index is -4.26. The van der Waals surface area contributed by atoms with Crippen LogP contribution < -0.4 is 10.6 Å². The standard InChI is InChI=1S/C17H22N2O4S/c1-11(2)16(18)17(20)23-24(21,22)15-10-6-7-12-13(15)8-5-9-14(12)19(3)4/h5-11,16H,18H2,1-4H3/t16-/m0/s1. The number of hydrogen-bond acceptors (Lipinski definition) is 6. The van der Waals surface area contributed by atoms with Crippen LogP contribution in [0.2, 0.25) is 0 Å². The maximum absolute atomic E-state index is 12.6. The van der Waals surface area contributed by atoms with E-state index < -0.39 is 22.1 Å². The van der Waals surface area contributed by atoms with Gasteiger partial charge in [0, 0.05) is 30.6 Å². The van der Waals surface area contributed by atoms with E-state index >= 15 is 0 Å². The molecule has 2 rings (SSSR count). The summed E-state index contributed by atoms with van der Waals surface area (Å²) >= 11 is 0. The Labute approximate surface area is 142 Å². The summed E-state index contributed by atoms with van der Waals surface area (Å²) in [4.78, 5) is 13.8. The molecule has 0 heterocycles. The number of anilines is 1. The third-order valence-corrected chi connectivity index (χ3v) is 5.07. The van der Waals surface area contributed by atoms with E-state index in [-0.39, 0.29) is 10.8 Å². The van der Waals surface area contributed by atoms with E-state index in [0.717, 1.165) is 11.1 Å². The summed E-state index contributed by atoms with van der Waals surface area (Å²) in [7, 11) is -0.510. The number of hydrogen-bond donors (Lipinski definition) is 1. The molecule has 2 aromatic rings. The quantitative estimate of drug-likeness (QED) is 0.831. The molecule has 2 N–H and O–H groups in total. The highest BCUT2D eigenvalue weighted by atomic mass is 32.2. The van der Waals surface area contributed by atoms with Gasteiger partial charge in [-0.15, -0.1) is 0 Å². The predicted molar refractivity (Wildman–Crippen MR) is 94.4 cm³/mol. The van der Waals surface area contributed by atoms with Gasteiger partial charge < -0.3 is 14.8 Å². The number of fused-ring (bicyclic) bond motifs is 1. The number of rotatable bonds is 5. The topological polar surface area (TPSA) is 89.7 Å². The molecule has 24 heavy (non-hydrogen) atoms. The first kappa shape index (κ1) is 18.2. The van der Waals surface area contributed by atoms with Gasteiger partial charge in [-0.05, 0) is 18.1 Å². The van der Waals surface area contributed by atoms with Gasteiger partial charge in [0.1, 0.15) is 10.9 Å². The molecule has 0 bridgehead atoms. The molecular weight excluding hydrogens is 328 g/mol. The van der Waals surface area contributed by atoms with Gasteiger partial charge in [-0.3, -0.25) is 0 Å². The fourth-order valence-corrected chi connectivity index (χ4v) is 3.46. The van der Waals surface area contributed by atoms with E-state index in [1.54, 1.807) is 32.0 Å². The molecule has 0 aromatic heterocycles. The van der Waals surface area contributed by atoms with Crippen molar-refractivity contribution in [3.05, 3.63) is 36.4 Å². The van der Waals surface area contributed by atoms with Crippen molar-refractivity contribution in [2.45, 2.75) is 24.8 Å². The second-order valence-electron chi connectivity index (χ2n) is 6.15. The molecule has 0 saturated heterocycles. The van der Waals surface area contributed by atoms with E-state index in [1.165, 1.54) is 6.07 Å². The highest BCUT2D eigenvalue weighted by Gasteiger charge is 2.28. The van der Waals surface area contributed by atoms with Gasteiger partial charge in [-0.1, -0.05) is 38.1 Å². The summed E-state index contributed by atoms with van der Waals surface area (Å²) in [5.41, 5.74) is 6.55. The van der Waals surface area contributed by atoms with Crippen LogP contribution in [0.5, 0.6) is 0 Å². The molecule has 0 fully saturated rings. The Morgan fingerprint density at radius 1 is 1.08 bits per heavy atom. The van der Waals surface area contributed by atoms with Crippen molar-refractivity contribution < 1.29 is 17.4 Å². The zero-order chi connectivity index (χ0) is 18.1. The molecule has 6 nitrogen and oxygen atoms in total. The van der Waals surface area contributed by atoms with Crippen LogP contribution in [-0.4, -0.2) is 34.5 Å². The highest BCUT2D eigenvalue weighted by Crippen LogP contribution is 2.31. The first-order chi connectivity index (χ1) is 11.1. The van der Waals surface area contributed by atoms with Gasteiger partial charge in [-0.25, -0.2) is 4.79 Å². The van der Waals surface area contributed by atoms with Crippen LogP contribution in [0.3, 0.4) is 0 Å². The molecule has 0 spiro atoms. The lowest BCUT2D eigenvalue weighted by Crippen LogP contribution is -2.38. The number of carbonyl (C=O) groups excluding carboxylic acids is 1. The molecule has 0 unspecified atom stereocenters. The molecule has 2 aromatic carbocycles. The van der Waals surface area contributed by atoms with E-state index in [0.29, 0.717) is 5.39 Å². The van der Waals surface area contributed by atoms with Gasteiger partial charge in [0.05, 0.1) is 0 Å². The molecule has 0 amide bonds. The fraction of sp³-hybridized carbons (Fsp3) is 0.353. The van der Waals surface area contributed by atoms with Crippen LogP contribution >= 0.6 is 0 Å². The molecule has 0 saturated carbocycles. The highest BCUT2D eigenvalue weighted by molar-refractivity contribution is 7.87. The Morgan fingerprint density at radius 2 is 1.67 bits per heavy atom. The lowest BCUT2D eigenvalue weighted by molar-refractivity contribution is -0.136. The first-order valence-electron chi connectivity index (χ1n) is 7.58. The van der Waals surface area contributed by atoms with Crippen LogP contribution in [0.1, 0.15) is 13.8 Å². The lowest BCUT2D eigenvalue weighted by Gasteiger charge is -2.17. The summed E-state index contributed by atoms with van der Waals surface area (Å²) in [6, 6.07) is 9.21. The maximum Gasteiger partial charge on any atom is 0.342 e. The minimum Gasteiger partial charge on any atom is -0.377 e. The maximum atomic E-state index is 12.6. The van der Waals surface area contributed by atoms with Gasteiger partial charge in [0.25, 0.3) is 0 Å². The molecule has 130 valence electrons. The van der Waals surface area contributed by atoms with Crippen LogP contribution in [0.15, 0.2) is 41.3 Å². The number of carbonyl (C=O) groups is 1. The molecule has 0 aliphatic heterocycles. The molecule has 0 radical (unpaired) electrons. The largest absolute Gasteiger partial charge is 0.377 e. The zero-order valence-electron chi connectivity index (χ0n) is 14.2. The Balaban J connectivity index is 2.52. The summed E-state index contributed by atoms with van der Waals surface area (Å²) in [5.74, 6) is -1.17. The van der Waals surface area contributed by atoms with E-state index in [2.05, 4.69) is 0 Å². The monoisotopic (exact) mass is 350 g/mol. The third-order valence-electron chi connectivity index (χ3n) is 3.79. The molecular formula is C17H22N2O4S. The van der Waals surface area contributed by atoms with E-state index in [1.807, 2.05) is 31.1 Å². The molecule has 7 heteroatoms. The van der Waals surface area contributed by atoms with Crippen molar-refractivity contribution in [3.63, 3.8) is 0 Å². The first-order valence-corrected chi connectivity index (χ1v) is 8.99. The average Bonchev–Trinajstić information content (AvgIpc) is 2.52. The van der Waals surface area contributed by atoms with Crippen molar-refractivity contribution in [3.8, 4) is 0 Å². The van der Waals surface area contributed by atoms with Crippen molar-refractivity contribution in [1.82, 2.24) is 0 Å². The Hall–Kier alpha value is -2.12. The smallest absolute Gasteiger partial charge is 0.342 e. The van der Waals surface area contributed by atoms with Crippen LogP contribution in [-0.2, 0) is 19.1 Å². The molecule has 0 aliphatic rings. The van der Waals surface area contributed by atoms with Crippen molar-refractivity contribution in [2.75, 3.05) is 19.0 Å². The second kappa shape index (κ2) is 6.78. The summed E-state index contributed by atoms with van der Waals surface area (Å²) in [6.07, 6.45) is 0. The number of nitrogens with two attached hydrogens (primary N) is 1. The second-order valence-corrected chi connectivity index (χ2v) is 7.66. The Bertz CT molecular complexity index is 860. The van der Waals surface area contributed by atoms with Crippen molar-refractivity contribution >= 4 is 32.5 Å². The fourth-order valence-electron chi connectivity index (χ4n) is 2.35. The predicted octanol–water partition coefficient (Wildman–Crippen LogP) is 2.12. The molecule has 1 atom stereocenters. The van der Waals surface area contributed by atoms with Gasteiger partial charge >= 0.3 is 16.1 Å². The van der Waals surface area contributed by atoms with Crippen LogP contribution in [0.25, 0.3) is 10.8 Å². The minimum absolute atomic E-state index is 0.0481. The average molecular weight is 350 g/mol. The van der Waals surface area contributed by atoms with Crippen LogP contribution in [0.4, 0.5) is 5.69 Å². The molecule has 0 aliphatic carbocycles. The Morgan fingerprint density at radius 3 is 2.25 bits per heavy atom. The number of benzene rings is 2. The van der Waals surface area contributed by atoms with Gasteiger partial charge in [0.2, 0.25) is 0 Å². The van der Waals surface area contributed by atoms with Crippen molar-refractivity contribution in [1.29, 1.82) is 0 Å². The number of nitrogens with zero attached hydrogens (tertiary/aromatic N) is 1. The van der Waals surface area contributed by atoms with E-state index in [9.17, 15) is 13.2 Å². The zero-order valence-corrected chi connectivity index (χ0v) is 15.0. The SMILES string of the molecule is CC(C)[C@H](N)C(=O)OS(=O)(=O)c1cccc2c(N(C)C)cccc12. The summed E-state index contributed by atoms with van der Waals surface area (Å²) < 4.78 is 29.9. The summed E-state index contributed by atoms with van der Waals surface area (Å²) in [6.45, 7) is 3.44. The third kappa shape index (κ3) is 3.52. The van der Waals surface area contributed by atoms with Gasteiger partial charge in [0.15, 0.2) is 0 Å². The summed E-state index contributed by atoms with van der Waals surface area (Å²) in [5, 5.41) is 1.25. The van der Waals surface area contributed by atoms with Crippen molar-refractivity contribution in [2.24, 2.45) is 11.7 Å². The van der Waals surface area contributed by atoms with E-state index in [4.69, 9.17) is 9.92 Å². The Kier molecular flexibility index (Phi) is 5.15. The lowest BCUT2D eigenvalue weighted by atomic mass is 10.1.